The lowest BCUT2D eigenvalue weighted by atomic mass is 10.0. The van der Waals surface area contributed by atoms with Crippen LogP contribution in [0.25, 0.3) is 89.2 Å². The Morgan fingerprint density at radius 3 is 1.23 bits per heavy atom. The van der Waals surface area contributed by atoms with Crippen LogP contribution in [0.5, 0.6) is 0 Å². The molecular weight excluding hydrogens is 773 g/mol. The molecule has 0 saturated heterocycles. The Morgan fingerprint density at radius 1 is 0.383 bits per heavy atom. The molecule has 0 radical (unpaired) electrons. The van der Waals surface area contributed by atoms with E-state index in [0.29, 0.717) is 16.9 Å². The summed E-state index contributed by atoms with van der Waals surface area (Å²) in [6.45, 7) is 3.87. The first-order valence-corrected chi connectivity index (χ1v) is 19.1. The predicted molar refractivity (Wildman–Crippen MR) is 224 cm³/mol. The summed E-state index contributed by atoms with van der Waals surface area (Å²) in [5.74, 6) is -0.238. The average Bonchev–Trinajstić information content (AvgIpc) is 3.74. The minimum absolute atomic E-state index is 0.0100. The molecule has 0 bridgehead atoms. The third-order valence-corrected chi connectivity index (χ3v) is 10.9. The van der Waals surface area contributed by atoms with Gasteiger partial charge in [0, 0.05) is 38.2 Å². The lowest BCUT2D eigenvalue weighted by molar-refractivity contribution is -0.138. The van der Waals surface area contributed by atoms with Crippen molar-refractivity contribution in [3.8, 4) is 45.5 Å². The second-order valence-electron chi connectivity index (χ2n) is 14.9. The van der Waals surface area contributed by atoms with Crippen LogP contribution < -0.4 is 0 Å². The van der Waals surface area contributed by atoms with E-state index in [1.807, 2.05) is 108 Å². The van der Waals surface area contributed by atoms with Crippen LogP contribution >= 0.6 is 0 Å². The van der Waals surface area contributed by atoms with Crippen molar-refractivity contribution >= 4 is 43.6 Å². The zero-order valence-electron chi connectivity index (χ0n) is 31.9. The standard InChI is InChI=1S/C49H31F6N5/c1-28-16-20-35-33-12-6-8-14-39(33)59(43(35)24-28)41-22-18-31(48(50,51)52)26-37(41)46-56-45(30-10-4-3-5-11-30)57-47(58-46)38-27-32(49(53,54)55)19-23-42(38)60-40-15-9-7-13-34(40)36-21-17-29(2)25-44(36)60/h3-27H,1-2H3. The molecule has 0 unspecified atom stereocenters. The molecule has 0 amide bonds. The minimum Gasteiger partial charge on any atom is -0.308 e. The molecule has 0 aliphatic carbocycles. The SMILES string of the molecule is Cc1ccc2c3ccccc3n(-c3ccc(C(F)(F)F)cc3-c3nc(-c4ccccc4)nc(-c4cc(C(F)(F)F)ccc4-n4c5ccccc5c5ccc(C)cc54)n3)c2c1. The van der Waals surface area contributed by atoms with Gasteiger partial charge in [-0.3, -0.25) is 0 Å². The maximum atomic E-state index is 14.7. The van der Waals surface area contributed by atoms with Crippen LogP contribution in [0.3, 0.4) is 0 Å². The summed E-state index contributed by atoms with van der Waals surface area (Å²) in [4.78, 5) is 14.5. The molecule has 0 N–H and O–H groups in total. The van der Waals surface area contributed by atoms with Crippen molar-refractivity contribution in [3.63, 3.8) is 0 Å². The summed E-state index contributed by atoms with van der Waals surface area (Å²) in [5, 5.41) is 3.54. The lowest BCUT2D eigenvalue weighted by Crippen LogP contribution is -2.10. The Morgan fingerprint density at radius 2 is 0.783 bits per heavy atom. The highest BCUT2D eigenvalue weighted by atomic mass is 19.4. The van der Waals surface area contributed by atoms with Crippen LogP contribution in [0.1, 0.15) is 22.3 Å². The van der Waals surface area contributed by atoms with Gasteiger partial charge in [0.05, 0.1) is 44.6 Å². The maximum absolute atomic E-state index is 14.7. The molecule has 3 aromatic heterocycles. The van der Waals surface area contributed by atoms with Crippen LogP contribution in [-0.2, 0) is 12.4 Å². The number of aryl methyl sites for hydroxylation is 2. The van der Waals surface area contributed by atoms with Gasteiger partial charge in [-0.15, -0.1) is 0 Å². The van der Waals surface area contributed by atoms with Crippen molar-refractivity contribution < 1.29 is 26.3 Å². The van der Waals surface area contributed by atoms with Gasteiger partial charge in [0.15, 0.2) is 17.5 Å². The summed E-state index contributed by atoms with van der Waals surface area (Å²) < 4.78 is 91.9. The largest absolute Gasteiger partial charge is 0.416 e. The normalized spacial score (nSPS) is 12.3. The van der Waals surface area contributed by atoms with Gasteiger partial charge in [0.25, 0.3) is 0 Å². The van der Waals surface area contributed by atoms with E-state index in [4.69, 9.17) is 15.0 Å². The number of alkyl halides is 6. The van der Waals surface area contributed by atoms with E-state index in [0.717, 1.165) is 79.0 Å². The molecule has 11 heteroatoms. The van der Waals surface area contributed by atoms with E-state index in [9.17, 15) is 26.3 Å². The van der Waals surface area contributed by atoms with Gasteiger partial charge in [-0.05, 0) is 85.6 Å². The van der Waals surface area contributed by atoms with Gasteiger partial charge in [-0.25, -0.2) is 15.0 Å². The van der Waals surface area contributed by atoms with E-state index in [-0.39, 0.29) is 28.6 Å². The highest BCUT2D eigenvalue weighted by Crippen LogP contribution is 2.42. The molecule has 3 heterocycles. The van der Waals surface area contributed by atoms with Gasteiger partial charge in [0.1, 0.15) is 0 Å². The van der Waals surface area contributed by atoms with Crippen molar-refractivity contribution in [2.45, 2.75) is 26.2 Å². The number of nitrogens with zero attached hydrogens (tertiary/aromatic N) is 5. The van der Waals surface area contributed by atoms with Crippen molar-refractivity contribution in [3.05, 3.63) is 174 Å². The van der Waals surface area contributed by atoms with Crippen molar-refractivity contribution in [1.29, 1.82) is 0 Å². The molecule has 60 heavy (non-hydrogen) atoms. The second kappa shape index (κ2) is 13.7. The molecule has 10 aromatic rings. The van der Waals surface area contributed by atoms with E-state index in [1.165, 1.54) is 12.1 Å². The molecule has 5 nitrogen and oxygen atoms in total. The number of aromatic nitrogens is 5. The Kier molecular flexibility index (Phi) is 8.43. The summed E-state index contributed by atoms with van der Waals surface area (Å²) >= 11 is 0. The van der Waals surface area contributed by atoms with Gasteiger partial charge in [-0.2, -0.15) is 26.3 Å². The number of para-hydroxylation sites is 2. The van der Waals surface area contributed by atoms with Crippen LogP contribution in [0.2, 0.25) is 0 Å². The Balaban J connectivity index is 1.32. The fourth-order valence-corrected chi connectivity index (χ4v) is 8.19. The number of halogens is 6. The van der Waals surface area contributed by atoms with Crippen LogP contribution in [0.15, 0.2) is 152 Å². The molecule has 0 atom stereocenters. The first-order chi connectivity index (χ1) is 28.8. The first kappa shape index (κ1) is 37.0. The van der Waals surface area contributed by atoms with Gasteiger partial charge < -0.3 is 9.13 Å². The number of hydrogen-bond donors (Lipinski definition) is 0. The Hall–Kier alpha value is -7.27. The van der Waals surface area contributed by atoms with Crippen LogP contribution in [0.4, 0.5) is 26.3 Å². The molecule has 0 fully saturated rings. The summed E-state index contributed by atoms with van der Waals surface area (Å²) in [7, 11) is 0. The monoisotopic (exact) mass is 803 g/mol. The minimum atomic E-state index is -4.74. The van der Waals surface area contributed by atoms with Gasteiger partial charge in [-0.1, -0.05) is 91.0 Å². The summed E-state index contributed by atoms with van der Waals surface area (Å²) in [5.41, 5.74) is 4.15. The zero-order valence-corrected chi connectivity index (χ0v) is 31.9. The third-order valence-electron chi connectivity index (χ3n) is 10.9. The Bertz CT molecular complexity index is 3120. The predicted octanol–water partition coefficient (Wildman–Crippen LogP) is 13.7. The smallest absolute Gasteiger partial charge is 0.308 e. The number of fused-ring (bicyclic) bond motifs is 6. The van der Waals surface area contributed by atoms with Crippen molar-refractivity contribution in [1.82, 2.24) is 24.1 Å². The topological polar surface area (TPSA) is 48.5 Å². The Labute approximate surface area is 338 Å². The quantitative estimate of drug-likeness (QED) is 0.163. The molecule has 0 saturated carbocycles. The summed E-state index contributed by atoms with van der Waals surface area (Å²) in [6.07, 6.45) is -9.49. The number of rotatable bonds is 5. The third kappa shape index (κ3) is 6.16. The molecule has 10 rings (SSSR count). The molecule has 0 aliphatic rings. The number of benzene rings is 7. The van der Waals surface area contributed by atoms with E-state index in [1.54, 1.807) is 30.3 Å². The summed E-state index contributed by atoms with van der Waals surface area (Å²) in [6, 6.07) is 42.6. The average molecular weight is 804 g/mol. The molecule has 7 aromatic carbocycles. The highest BCUT2D eigenvalue weighted by Gasteiger charge is 2.34. The van der Waals surface area contributed by atoms with Crippen molar-refractivity contribution in [2.75, 3.05) is 0 Å². The van der Waals surface area contributed by atoms with E-state index in [2.05, 4.69) is 0 Å². The lowest BCUT2D eigenvalue weighted by Gasteiger charge is -2.19. The fraction of sp³-hybridized carbons (Fsp3) is 0.0816. The molecule has 0 spiro atoms. The molecule has 0 aliphatic heterocycles. The highest BCUT2D eigenvalue weighted by molar-refractivity contribution is 6.11. The van der Waals surface area contributed by atoms with Crippen LogP contribution in [-0.4, -0.2) is 24.1 Å². The molecule has 294 valence electrons. The fourth-order valence-electron chi connectivity index (χ4n) is 8.19. The van der Waals surface area contributed by atoms with Gasteiger partial charge in [0.2, 0.25) is 0 Å². The van der Waals surface area contributed by atoms with E-state index >= 15 is 0 Å². The van der Waals surface area contributed by atoms with Gasteiger partial charge >= 0.3 is 12.4 Å². The van der Waals surface area contributed by atoms with Crippen molar-refractivity contribution in [2.24, 2.45) is 0 Å². The van der Waals surface area contributed by atoms with E-state index < -0.39 is 23.5 Å². The zero-order chi connectivity index (χ0) is 41.5. The maximum Gasteiger partial charge on any atom is 0.416 e. The van der Waals surface area contributed by atoms with Crippen LogP contribution in [0, 0.1) is 13.8 Å². The second-order valence-corrected chi connectivity index (χ2v) is 14.9. The molecular formula is C49H31F6N5. The first-order valence-electron chi connectivity index (χ1n) is 19.1. The number of hydrogen-bond acceptors (Lipinski definition) is 3.